The van der Waals surface area contributed by atoms with Crippen molar-refractivity contribution in [1.29, 1.82) is 0 Å². The summed E-state index contributed by atoms with van der Waals surface area (Å²) in [6.45, 7) is 5.13. The van der Waals surface area contributed by atoms with Crippen LogP contribution in [0.2, 0.25) is 0 Å². The molecule has 0 saturated carbocycles. The molecule has 178 valence electrons. The zero-order chi connectivity index (χ0) is 24.1. The van der Waals surface area contributed by atoms with Crippen molar-refractivity contribution in [2.45, 2.75) is 36.9 Å². The van der Waals surface area contributed by atoms with Gasteiger partial charge in [-0.3, -0.25) is 4.79 Å². The Labute approximate surface area is 204 Å². The largest absolute Gasteiger partial charge is 0.477 e. The predicted octanol–water partition coefficient (Wildman–Crippen LogP) is 2.69. The van der Waals surface area contributed by atoms with E-state index in [0.29, 0.717) is 15.9 Å². The Morgan fingerprint density at radius 3 is 2.73 bits per heavy atom. The number of hydrogen-bond acceptors (Lipinski definition) is 8. The van der Waals surface area contributed by atoms with E-state index >= 15 is 0 Å². The van der Waals surface area contributed by atoms with Crippen LogP contribution in [0.25, 0.3) is 10.6 Å². The first-order valence-electron chi connectivity index (χ1n) is 10.7. The van der Waals surface area contributed by atoms with Crippen molar-refractivity contribution in [1.82, 2.24) is 9.88 Å². The number of carboxylic acid groups (broad SMARTS) is 1. The van der Waals surface area contributed by atoms with Gasteiger partial charge in [-0.2, -0.15) is 0 Å². The molecule has 11 heteroatoms. The molecule has 1 fully saturated rings. The second kappa shape index (κ2) is 9.12. The van der Waals surface area contributed by atoms with Crippen molar-refractivity contribution < 1.29 is 29.4 Å². The third-order valence-corrected chi connectivity index (χ3v) is 9.51. The average Bonchev–Trinajstić information content (AvgIpc) is 3.40. The van der Waals surface area contributed by atoms with E-state index in [1.165, 1.54) is 32.9 Å². The third kappa shape index (κ3) is 4.50. The molecule has 2 aromatic heterocycles. The van der Waals surface area contributed by atoms with Gasteiger partial charge in [0.1, 0.15) is 18.8 Å². The summed E-state index contributed by atoms with van der Waals surface area (Å²) in [5.41, 5.74) is 0.856. The van der Waals surface area contributed by atoms with Crippen LogP contribution in [0.3, 0.4) is 0 Å². The first-order valence-corrected chi connectivity index (χ1v) is 13.2. The Balaban J connectivity index is 1.53. The van der Waals surface area contributed by atoms with Crippen molar-refractivity contribution in [2.24, 2.45) is 11.8 Å². The molecular formula is C22H28N3O5S3+. The number of rotatable bonds is 9. The first kappa shape index (κ1) is 24.4. The molecule has 33 heavy (non-hydrogen) atoms. The Morgan fingerprint density at radius 1 is 1.36 bits per heavy atom. The second-order valence-corrected chi connectivity index (χ2v) is 12.5. The van der Waals surface area contributed by atoms with E-state index in [1.807, 2.05) is 18.4 Å². The van der Waals surface area contributed by atoms with Gasteiger partial charge in [0.2, 0.25) is 5.91 Å². The maximum atomic E-state index is 12.5. The summed E-state index contributed by atoms with van der Waals surface area (Å²) in [5.74, 6) is -2.22. The van der Waals surface area contributed by atoms with Gasteiger partial charge in [-0.25, -0.2) is 9.78 Å². The lowest BCUT2D eigenvalue weighted by Crippen LogP contribution is -2.63. The third-order valence-electron chi connectivity index (χ3n) is 6.19. The van der Waals surface area contributed by atoms with Crippen molar-refractivity contribution in [3.63, 3.8) is 0 Å². The number of β-lactam (4-membered cyclic amide) rings is 1. The molecule has 2 aliphatic heterocycles. The molecule has 3 N–H and O–H groups in total. The number of nitrogens with zero attached hydrogens (tertiary/aromatic N) is 3. The van der Waals surface area contributed by atoms with E-state index in [2.05, 4.69) is 20.2 Å². The summed E-state index contributed by atoms with van der Waals surface area (Å²) >= 11 is 4.42. The van der Waals surface area contributed by atoms with Crippen LogP contribution < -0.4 is 0 Å². The average molecular weight is 511 g/mol. The normalized spacial score (nSPS) is 23.6. The van der Waals surface area contributed by atoms with E-state index < -0.39 is 18.0 Å². The lowest BCUT2D eigenvalue weighted by atomic mass is 9.79. The van der Waals surface area contributed by atoms with Crippen LogP contribution in [0.4, 0.5) is 0 Å². The molecule has 4 rings (SSSR count). The molecule has 1 saturated heterocycles. The highest BCUT2D eigenvalue weighted by molar-refractivity contribution is 8.04. The zero-order valence-corrected chi connectivity index (χ0v) is 21.3. The number of carbonyl (C=O) groups is 2. The molecule has 0 spiro atoms. The van der Waals surface area contributed by atoms with Gasteiger partial charge in [-0.1, -0.05) is 18.7 Å². The fraction of sp³-hybridized carbons (Fsp3) is 0.500. The number of aliphatic hydroxyl groups is 2. The molecule has 2 aromatic rings. The molecule has 0 aliphatic carbocycles. The maximum absolute atomic E-state index is 12.5. The number of aliphatic carboxylic acids is 1. The number of carboxylic acids is 1. The number of aromatic nitrogens is 1. The van der Waals surface area contributed by atoms with Crippen molar-refractivity contribution in [3.05, 3.63) is 33.0 Å². The standard InChI is InChI=1S/C22H27N3O5S3/c1-11-17-16(12(2)27)20(28)24(17)18(21(29)30)19(11)33-22-23-14(10-31-22)15-6-5-13(32-15)9-25(3,4)7-8-26/h5-6,10-12,16-17,26-27H,7-9H2,1-4H3/p+1/t11-,12-,16-,17-/m1/s1. The predicted molar refractivity (Wildman–Crippen MR) is 129 cm³/mol. The van der Waals surface area contributed by atoms with E-state index in [9.17, 15) is 24.9 Å². The summed E-state index contributed by atoms with van der Waals surface area (Å²) in [6, 6.07) is 3.80. The van der Waals surface area contributed by atoms with Gasteiger partial charge in [0.25, 0.3) is 0 Å². The highest BCUT2D eigenvalue weighted by Crippen LogP contribution is 2.52. The number of carbonyl (C=O) groups excluding carboxylic acids is 1. The summed E-state index contributed by atoms with van der Waals surface area (Å²) in [7, 11) is 4.17. The number of thiazole rings is 1. The Kier molecular flexibility index (Phi) is 6.74. The highest BCUT2D eigenvalue weighted by Gasteiger charge is 2.60. The van der Waals surface area contributed by atoms with Gasteiger partial charge < -0.3 is 24.7 Å². The number of amides is 1. The number of hydrogen-bond donors (Lipinski definition) is 3. The minimum Gasteiger partial charge on any atom is -0.477 e. The Bertz CT molecular complexity index is 1110. The fourth-order valence-corrected chi connectivity index (χ4v) is 7.88. The van der Waals surface area contributed by atoms with Crippen molar-refractivity contribution >= 4 is 46.3 Å². The minimum absolute atomic E-state index is 0.0124. The van der Waals surface area contributed by atoms with Crippen LogP contribution in [0, 0.1) is 11.8 Å². The van der Waals surface area contributed by atoms with Crippen LogP contribution in [-0.4, -0.2) is 81.0 Å². The smallest absolute Gasteiger partial charge is 0.353 e. The molecule has 0 unspecified atom stereocenters. The Morgan fingerprint density at radius 2 is 2.09 bits per heavy atom. The lowest BCUT2D eigenvalue weighted by Gasteiger charge is -2.46. The number of fused-ring (bicyclic) bond motifs is 1. The highest BCUT2D eigenvalue weighted by atomic mass is 32.2. The zero-order valence-electron chi connectivity index (χ0n) is 18.9. The number of thiophene rings is 1. The quantitative estimate of drug-likeness (QED) is 0.351. The SMILES string of the molecule is C[C@@H](O)[C@H]1C(=O)N2C(C(=O)O)=C(Sc3nc(-c4ccc(C[N+](C)(C)CCO)s4)cs3)[C@H](C)[C@H]12. The maximum Gasteiger partial charge on any atom is 0.353 e. The molecule has 0 aromatic carbocycles. The van der Waals surface area contributed by atoms with Gasteiger partial charge in [-0.15, -0.1) is 22.7 Å². The van der Waals surface area contributed by atoms with Crippen molar-refractivity contribution in [2.75, 3.05) is 27.2 Å². The summed E-state index contributed by atoms with van der Waals surface area (Å²) in [5, 5.41) is 31.0. The second-order valence-electron chi connectivity index (χ2n) is 9.18. The van der Waals surface area contributed by atoms with Gasteiger partial charge in [0.05, 0.1) is 54.2 Å². The molecule has 4 heterocycles. The monoisotopic (exact) mass is 510 g/mol. The molecule has 8 nitrogen and oxygen atoms in total. The minimum atomic E-state index is -1.13. The molecular weight excluding hydrogens is 482 g/mol. The summed E-state index contributed by atoms with van der Waals surface area (Å²) in [6.07, 6.45) is -0.818. The van der Waals surface area contributed by atoms with E-state index in [0.717, 1.165) is 21.5 Å². The van der Waals surface area contributed by atoms with Crippen LogP contribution in [0.5, 0.6) is 0 Å². The van der Waals surface area contributed by atoms with Gasteiger partial charge in [0, 0.05) is 16.2 Å². The number of quaternary nitrogens is 1. The number of aliphatic hydroxyl groups excluding tert-OH is 2. The van der Waals surface area contributed by atoms with Gasteiger partial charge in [-0.05, 0) is 19.1 Å². The van der Waals surface area contributed by atoms with Crippen molar-refractivity contribution in [3.8, 4) is 10.6 Å². The fourth-order valence-electron chi connectivity index (χ4n) is 4.54. The molecule has 2 aliphatic rings. The van der Waals surface area contributed by atoms with E-state index in [-0.39, 0.29) is 30.2 Å². The Hall–Kier alpha value is -1.76. The van der Waals surface area contributed by atoms with Crippen LogP contribution >= 0.6 is 34.4 Å². The van der Waals surface area contributed by atoms with Crippen LogP contribution in [-0.2, 0) is 16.1 Å². The topological polar surface area (TPSA) is 111 Å². The summed E-state index contributed by atoms with van der Waals surface area (Å²) in [4.78, 5) is 33.4. The molecule has 0 radical (unpaired) electrons. The molecule has 4 atom stereocenters. The van der Waals surface area contributed by atoms with Crippen LogP contribution in [0.15, 0.2) is 32.5 Å². The number of likely N-dealkylation sites (N-methyl/N-ethyl adjacent to an activating group) is 1. The van der Waals surface area contributed by atoms with Gasteiger partial charge >= 0.3 is 5.97 Å². The van der Waals surface area contributed by atoms with Crippen LogP contribution in [0.1, 0.15) is 18.7 Å². The van der Waals surface area contributed by atoms with E-state index in [4.69, 9.17) is 4.98 Å². The summed E-state index contributed by atoms with van der Waals surface area (Å²) < 4.78 is 1.42. The van der Waals surface area contributed by atoms with Gasteiger partial charge in [0.15, 0.2) is 4.34 Å². The molecule has 1 amide bonds. The number of thioether (sulfide) groups is 1. The lowest BCUT2D eigenvalue weighted by molar-refractivity contribution is -0.903. The van der Waals surface area contributed by atoms with E-state index in [1.54, 1.807) is 18.3 Å². The first-order chi connectivity index (χ1) is 15.5. The molecule has 0 bridgehead atoms.